The lowest BCUT2D eigenvalue weighted by Gasteiger charge is -2.08. The molecule has 0 fully saturated rings. The van der Waals surface area contributed by atoms with E-state index in [4.69, 9.17) is 4.74 Å². The van der Waals surface area contributed by atoms with Gasteiger partial charge in [0.25, 0.3) is 5.91 Å². The van der Waals surface area contributed by atoms with E-state index in [0.717, 1.165) is 0 Å². The standard InChI is InChI=1S/C16H15FN6O2/c1-25-14-7-19-15(20-8-14)11-4-12(6-13(17)5-11)16(24)18-2-3-23-9-21-22-10-23/h4-10H,2-3H2,1H3,(H,18,24). The number of rotatable bonds is 6. The van der Waals surface area contributed by atoms with Gasteiger partial charge < -0.3 is 14.6 Å². The van der Waals surface area contributed by atoms with Gasteiger partial charge in [-0.3, -0.25) is 4.79 Å². The van der Waals surface area contributed by atoms with E-state index in [1.165, 1.54) is 31.6 Å². The zero-order valence-corrected chi connectivity index (χ0v) is 13.4. The number of hydrogen-bond donors (Lipinski definition) is 1. The Kier molecular flexibility index (Phi) is 4.93. The number of aromatic nitrogens is 5. The Morgan fingerprint density at radius 2 is 1.92 bits per heavy atom. The van der Waals surface area contributed by atoms with E-state index < -0.39 is 5.82 Å². The van der Waals surface area contributed by atoms with Crippen LogP contribution in [0.25, 0.3) is 11.4 Å². The van der Waals surface area contributed by atoms with Gasteiger partial charge in [-0.1, -0.05) is 0 Å². The molecule has 128 valence electrons. The number of carbonyl (C=O) groups excluding carboxylic acids is 1. The van der Waals surface area contributed by atoms with E-state index >= 15 is 0 Å². The van der Waals surface area contributed by atoms with Crippen molar-refractivity contribution < 1.29 is 13.9 Å². The fourth-order valence-corrected chi connectivity index (χ4v) is 2.16. The molecule has 0 aliphatic rings. The Morgan fingerprint density at radius 1 is 1.20 bits per heavy atom. The highest BCUT2D eigenvalue weighted by molar-refractivity contribution is 5.95. The summed E-state index contributed by atoms with van der Waals surface area (Å²) in [4.78, 5) is 20.4. The van der Waals surface area contributed by atoms with Crippen LogP contribution in [0.2, 0.25) is 0 Å². The molecule has 2 heterocycles. The second-order valence-electron chi connectivity index (χ2n) is 5.13. The second kappa shape index (κ2) is 7.47. The van der Waals surface area contributed by atoms with Crippen molar-refractivity contribution in [1.82, 2.24) is 30.0 Å². The van der Waals surface area contributed by atoms with E-state index in [1.807, 2.05) is 0 Å². The van der Waals surface area contributed by atoms with Crippen LogP contribution in [0.1, 0.15) is 10.4 Å². The molecule has 0 aliphatic heterocycles. The summed E-state index contributed by atoms with van der Waals surface area (Å²) in [6.45, 7) is 0.879. The van der Waals surface area contributed by atoms with Crippen LogP contribution in [0.3, 0.4) is 0 Å². The Labute approximate surface area is 142 Å². The van der Waals surface area contributed by atoms with Gasteiger partial charge in [-0.05, 0) is 18.2 Å². The van der Waals surface area contributed by atoms with Crippen molar-refractivity contribution in [3.63, 3.8) is 0 Å². The highest BCUT2D eigenvalue weighted by atomic mass is 19.1. The van der Waals surface area contributed by atoms with Crippen LogP contribution >= 0.6 is 0 Å². The maximum atomic E-state index is 13.9. The maximum absolute atomic E-state index is 13.9. The topological polar surface area (TPSA) is 94.8 Å². The van der Waals surface area contributed by atoms with E-state index in [2.05, 4.69) is 25.5 Å². The molecule has 0 aliphatic carbocycles. The number of nitrogens with zero attached hydrogens (tertiary/aromatic N) is 5. The summed E-state index contributed by atoms with van der Waals surface area (Å²) in [6.07, 6.45) is 6.05. The molecule has 0 unspecified atom stereocenters. The molecule has 25 heavy (non-hydrogen) atoms. The fourth-order valence-electron chi connectivity index (χ4n) is 2.16. The number of hydrogen-bond acceptors (Lipinski definition) is 6. The minimum atomic E-state index is -0.541. The minimum Gasteiger partial charge on any atom is -0.494 e. The van der Waals surface area contributed by atoms with Gasteiger partial charge in [0, 0.05) is 24.2 Å². The average molecular weight is 342 g/mol. The van der Waals surface area contributed by atoms with Gasteiger partial charge in [0.05, 0.1) is 19.5 Å². The van der Waals surface area contributed by atoms with E-state index in [9.17, 15) is 9.18 Å². The van der Waals surface area contributed by atoms with Crippen LogP contribution in [0, 0.1) is 5.82 Å². The summed E-state index contributed by atoms with van der Waals surface area (Å²) in [7, 11) is 1.50. The van der Waals surface area contributed by atoms with E-state index in [1.54, 1.807) is 23.3 Å². The molecule has 1 N–H and O–H groups in total. The molecule has 0 saturated carbocycles. The summed E-state index contributed by atoms with van der Waals surface area (Å²) in [5, 5.41) is 10.1. The van der Waals surface area contributed by atoms with Crippen LogP contribution < -0.4 is 10.1 Å². The molecular formula is C16H15FN6O2. The number of halogens is 1. The lowest BCUT2D eigenvalue weighted by Crippen LogP contribution is -2.27. The molecule has 0 atom stereocenters. The third-order valence-electron chi connectivity index (χ3n) is 3.40. The Morgan fingerprint density at radius 3 is 2.60 bits per heavy atom. The molecule has 0 radical (unpaired) electrons. The lowest BCUT2D eigenvalue weighted by molar-refractivity contribution is 0.0952. The predicted octanol–water partition coefficient (Wildman–Crippen LogP) is 1.31. The number of nitrogens with one attached hydrogen (secondary N) is 1. The third-order valence-corrected chi connectivity index (χ3v) is 3.40. The first kappa shape index (κ1) is 16.5. The maximum Gasteiger partial charge on any atom is 0.251 e. The first-order valence-corrected chi connectivity index (χ1v) is 7.43. The molecule has 9 heteroatoms. The molecule has 0 spiro atoms. The molecule has 1 amide bonds. The van der Waals surface area contributed by atoms with Gasteiger partial charge in [0.15, 0.2) is 11.6 Å². The van der Waals surface area contributed by atoms with Gasteiger partial charge in [0.1, 0.15) is 18.5 Å². The fraction of sp³-hybridized carbons (Fsp3) is 0.188. The normalized spacial score (nSPS) is 10.5. The number of benzene rings is 1. The van der Waals surface area contributed by atoms with Crippen molar-refractivity contribution in [1.29, 1.82) is 0 Å². The molecular weight excluding hydrogens is 327 g/mol. The number of carbonyl (C=O) groups is 1. The van der Waals surface area contributed by atoms with Gasteiger partial charge in [-0.15, -0.1) is 10.2 Å². The van der Waals surface area contributed by atoms with Crippen molar-refractivity contribution in [3.8, 4) is 17.1 Å². The molecule has 3 aromatic rings. The SMILES string of the molecule is COc1cnc(-c2cc(F)cc(C(=O)NCCn3cnnc3)c2)nc1. The average Bonchev–Trinajstić information content (AvgIpc) is 3.14. The second-order valence-corrected chi connectivity index (χ2v) is 5.13. The van der Waals surface area contributed by atoms with Crippen molar-refractivity contribution in [2.75, 3.05) is 13.7 Å². The smallest absolute Gasteiger partial charge is 0.251 e. The van der Waals surface area contributed by atoms with Gasteiger partial charge in [0.2, 0.25) is 0 Å². The highest BCUT2D eigenvalue weighted by Gasteiger charge is 2.11. The Hall–Kier alpha value is -3.36. The zero-order chi connectivity index (χ0) is 17.6. The first-order valence-electron chi connectivity index (χ1n) is 7.43. The molecule has 3 rings (SSSR count). The number of ether oxygens (including phenoxy) is 1. The van der Waals surface area contributed by atoms with Gasteiger partial charge in [-0.2, -0.15) is 0 Å². The number of amides is 1. The summed E-state index contributed by atoms with van der Waals surface area (Å²) in [5.41, 5.74) is 0.602. The summed E-state index contributed by atoms with van der Waals surface area (Å²) in [5.74, 6) is -0.130. The Bertz CT molecular complexity index is 852. The zero-order valence-electron chi connectivity index (χ0n) is 13.4. The molecule has 0 saturated heterocycles. The van der Waals surface area contributed by atoms with Gasteiger partial charge in [-0.25, -0.2) is 14.4 Å². The van der Waals surface area contributed by atoms with Crippen molar-refractivity contribution in [2.45, 2.75) is 6.54 Å². The van der Waals surface area contributed by atoms with Crippen LogP contribution in [0.15, 0.2) is 43.2 Å². The van der Waals surface area contributed by atoms with E-state index in [-0.39, 0.29) is 11.5 Å². The van der Waals surface area contributed by atoms with Crippen LogP contribution in [0.4, 0.5) is 4.39 Å². The monoisotopic (exact) mass is 342 g/mol. The third kappa shape index (κ3) is 4.14. The number of methoxy groups -OCH3 is 1. The quantitative estimate of drug-likeness (QED) is 0.726. The molecule has 0 bridgehead atoms. The summed E-state index contributed by atoms with van der Waals surface area (Å²) >= 11 is 0. The highest BCUT2D eigenvalue weighted by Crippen LogP contribution is 2.19. The van der Waals surface area contributed by atoms with Crippen LogP contribution in [0.5, 0.6) is 5.75 Å². The minimum absolute atomic E-state index is 0.193. The summed E-state index contributed by atoms with van der Waals surface area (Å²) < 4.78 is 20.6. The predicted molar refractivity (Wildman–Crippen MR) is 86.3 cm³/mol. The van der Waals surface area contributed by atoms with Crippen molar-refractivity contribution in [3.05, 3.63) is 54.6 Å². The molecule has 8 nitrogen and oxygen atoms in total. The molecule has 1 aromatic carbocycles. The van der Waals surface area contributed by atoms with Crippen LogP contribution in [-0.4, -0.2) is 44.3 Å². The lowest BCUT2D eigenvalue weighted by atomic mass is 10.1. The molecule has 2 aromatic heterocycles. The summed E-state index contributed by atoms with van der Waals surface area (Å²) in [6, 6.07) is 3.98. The van der Waals surface area contributed by atoms with Gasteiger partial charge >= 0.3 is 0 Å². The first-order chi connectivity index (χ1) is 12.2. The largest absolute Gasteiger partial charge is 0.494 e. The van der Waals surface area contributed by atoms with Crippen molar-refractivity contribution in [2.24, 2.45) is 0 Å². The van der Waals surface area contributed by atoms with Crippen molar-refractivity contribution >= 4 is 5.91 Å². The Balaban J connectivity index is 1.72. The van der Waals surface area contributed by atoms with Crippen LogP contribution in [-0.2, 0) is 6.54 Å². The van der Waals surface area contributed by atoms with E-state index in [0.29, 0.717) is 30.2 Å².